The number of nitro groups is 1. The summed E-state index contributed by atoms with van der Waals surface area (Å²) in [6.07, 6.45) is 0.947. The minimum Gasteiger partial charge on any atom is -0.464 e. The third-order valence-electron chi connectivity index (χ3n) is 4.08. The predicted molar refractivity (Wildman–Crippen MR) is 77.4 cm³/mol. The van der Waals surface area contributed by atoms with E-state index < -0.39 is 10.9 Å². The van der Waals surface area contributed by atoms with E-state index in [0.717, 1.165) is 6.42 Å². The fourth-order valence-electron chi connectivity index (χ4n) is 2.49. The highest BCUT2D eigenvalue weighted by molar-refractivity contribution is 5.88. The van der Waals surface area contributed by atoms with E-state index in [4.69, 9.17) is 0 Å². The number of nitrogens with zero attached hydrogens (tertiary/aromatic N) is 3. The smallest absolute Gasteiger partial charge is 0.356 e. The molecule has 21 heavy (non-hydrogen) atoms. The molecule has 2 heterocycles. The zero-order chi connectivity index (χ0) is 15.6. The Morgan fingerprint density at radius 2 is 2.14 bits per heavy atom. The van der Waals surface area contributed by atoms with Crippen LogP contribution in [0.3, 0.4) is 0 Å². The normalized spacial score (nSPS) is 22.0. The molecular formula is C14H19N3O4. The van der Waals surface area contributed by atoms with Crippen LogP contribution in [0.4, 0.5) is 11.5 Å². The molecule has 0 aromatic carbocycles. The van der Waals surface area contributed by atoms with Crippen molar-refractivity contribution < 1.29 is 14.5 Å². The Labute approximate surface area is 123 Å². The van der Waals surface area contributed by atoms with E-state index in [0.29, 0.717) is 24.9 Å². The topological polar surface area (TPSA) is 85.6 Å². The number of aromatic nitrogens is 1. The molecule has 1 aromatic rings. The van der Waals surface area contributed by atoms with Crippen LogP contribution in [0.5, 0.6) is 0 Å². The van der Waals surface area contributed by atoms with E-state index >= 15 is 0 Å². The van der Waals surface area contributed by atoms with E-state index in [9.17, 15) is 14.9 Å². The highest BCUT2D eigenvalue weighted by Crippen LogP contribution is 2.31. The average molecular weight is 293 g/mol. The quantitative estimate of drug-likeness (QED) is 0.482. The Morgan fingerprint density at radius 1 is 1.43 bits per heavy atom. The Bertz CT molecular complexity index is 561. The van der Waals surface area contributed by atoms with Crippen molar-refractivity contribution in [3.05, 3.63) is 27.9 Å². The van der Waals surface area contributed by atoms with Crippen LogP contribution in [0, 0.1) is 22.0 Å². The first-order chi connectivity index (χ1) is 9.93. The van der Waals surface area contributed by atoms with Gasteiger partial charge in [0.25, 0.3) is 0 Å². The summed E-state index contributed by atoms with van der Waals surface area (Å²) in [5, 5.41) is 11.2. The van der Waals surface area contributed by atoms with Crippen molar-refractivity contribution in [3.8, 4) is 0 Å². The summed E-state index contributed by atoms with van der Waals surface area (Å²) in [6, 6.07) is 2.64. The minimum absolute atomic E-state index is 0.0793. The average Bonchev–Trinajstić information content (AvgIpc) is 2.48. The minimum atomic E-state index is -0.593. The maximum atomic E-state index is 11.6. The molecule has 1 aliphatic heterocycles. The SMILES string of the molecule is COC(=O)c1ccc([N+](=O)[O-])c(N2CCC(C)C(C)C2)n1. The zero-order valence-corrected chi connectivity index (χ0v) is 12.4. The van der Waals surface area contributed by atoms with Crippen LogP contribution in [0.25, 0.3) is 0 Å². The molecule has 0 amide bonds. The first-order valence-electron chi connectivity index (χ1n) is 6.92. The van der Waals surface area contributed by atoms with Crippen molar-refractivity contribution >= 4 is 17.5 Å². The number of pyridine rings is 1. The van der Waals surface area contributed by atoms with Crippen molar-refractivity contribution in [1.82, 2.24) is 4.98 Å². The van der Waals surface area contributed by atoms with Gasteiger partial charge < -0.3 is 9.64 Å². The van der Waals surface area contributed by atoms with Crippen molar-refractivity contribution in [2.45, 2.75) is 20.3 Å². The molecule has 2 rings (SSSR count). The number of hydrogen-bond donors (Lipinski definition) is 0. The number of methoxy groups -OCH3 is 1. The van der Waals surface area contributed by atoms with Gasteiger partial charge in [0.05, 0.1) is 12.0 Å². The maximum Gasteiger partial charge on any atom is 0.356 e. The van der Waals surface area contributed by atoms with Gasteiger partial charge in [0.2, 0.25) is 5.82 Å². The lowest BCUT2D eigenvalue weighted by atomic mass is 9.88. The summed E-state index contributed by atoms with van der Waals surface area (Å²) in [6.45, 7) is 5.69. The fraction of sp³-hybridized carbons (Fsp3) is 0.571. The van der Waals surface area contributed by atoms with Gasteiger partial charge >= 0.3 is 11.7 Å². The molecule has 2 unspecified atom stereocenters. The Hall–Kier alpha value is -2.18. The molecule has 1 aromatic heterocycles. The van der Waals surface area contributed by atoms with E-state index in [1.54, 1.807) is 0 Å². The van der Waals surface area contributed by atoms with Crippen LogP contribution in [0.15, 0.2) is 12.1 Å². The fourth-order valence-corrected chi connectivity index (χ4v) is 2.49. The summed E-state index contributed by atoms with van der Waals surface area (Å²) in [5.41, 5.74) is 0.00813. The van der Waals surface area contributed by atoms with E-state index in [2.05, 4.69) is 23.6 Å². The molecule has 0 aliphatic carbocycles. The number of carbonyl (C=O) groups excluding carboxylic acids is 1. The second-order valence-electron chi connectivity index (χ2n) is 5.48. The van der Waals surface area contributed by atoms with Crippen molar-refractivity contribution in [2.75, 3.05) is 25.1 Å². The molecule has 0 radical (unpaired) electrons. The highest BCUT2D eigenvalue weighted by Gasteiger charge is 2.29. The van der Waals surface area contributed by atoms with Crippen LogP contribution in [-0.2, 0) is 4.74 Å². The summed E-state index contributed by atoms with van der Waals surface area (Å²) in [4.78, 5) is 28.3. The van der Waals surface area contributed by atoms with Crippen molar-refractivity contribution in [3.63, 3.8) is 0 Å². The van der Waals surface area contributed by atoms with E-state index in [1.165, 1.54) is 19.2 Å². The van der Waals surface area contributed by atoms with Crippen LogP contribution < -0.4 is 4.90 Å². The van der Waals surface area contributed by atoms with Crippen LogP contribution in [0.1, 0.15) is 30.8 Å². The Kier molecular flexibility index (Phi) is 4.40. The van der Waals surface area contributed by atoms with Gasteiger partial charge in [0, 0.05) is 19.2 Å². The monoisotopic (exact) mass is 293 g/mol. The molecule has 1 fully saturated rings. The second kappa shape index (κ2) is 6.07. The van der Waals surface area contributed by atoms with Gasteiger partial charge in [-0.05, 0) is 24.3 Å². The zero-order valence-electron chi connectivity index (χ0n) is 12.4. The first kappa shape index (κ1) is 15.2. The van der Waals surface area contributed by atoms with Gasteiger partial charge in [-0.3, -0.25) is 10.1 Å². The standard InChI is InChI=1S/C14H19N3O4/c1-9-6-7-16(8-10(9)2)13-12(17(19)20)5-4-11(15-13)14(18)21-3/h4-5,9-10H,6-8H2,1-3H3. The number of hydrogen-bond acceptors (Lipinski definition) is 6. The lowest BCUT2D eigenvalue weighted by Crippen LogP contribution is -2.39. The number of anilines is 1. The van der Waals surface area contributed by atoms with Gasteiger partial charge in [-0.2, -0.15) is 0 Å². The van der Waals surface area contributed by atoms with Crippen LogP contribution >= 0.6 is 0 Å². The van der Waals surface area contributed by atoms with Gasteiger partial charge in [-0.25, -0.2) is 9.78 Å². The predicted octanol–water partition coefficient (Wildman–Crippen LogP) is 2.26. The highest BCUT2D eigenvalue weighted by atomic mass is 16.6. The Balaban J connectivity index is 2.39. The van der Waals surface area contributed by atoms with Crippen molar-refractivity contribution in [1.29, 1.82) is 0 Å². The molecule has 1 saturated heterocycles. The molecule has 0 spiro atoms. The largest absolute Gasteiger partial charge is 0.464 e. The maximum absolute atomic E-state index is 11.6. The van der Waals surface area contributed by atoms with Gasteiger partial charge in [0.1, 0.15) is 0 Å². The number of carbonyl (C=O) groups is 1. The van der Waals surface area contributed by atoms with Gasteiger partial charge in [-0.1, -0.05) is 13.8 Å². The molecule has 1 aliphatic rings. The third-order valence-corrected chi connectivity index (χ3v) is 4.08. The molecule has 2 atom stereocenters. The molecule has 7 heteroatoms. The van der Waals surface area contributed by atoms with Crippen molar-refractivity contribution in [2.24, 2.45) is 11.8 Å². The first-order valence-corrected chi connectivity index (χ1v) is 6.92. The molecule has 114 valence electrons. The molecule has 0 N–H and O–H groups in total. The summed E-state index contributed by atoms with van der Waals surface area (Å²) in [7, 11) is 1.26. The number of rotatable bonds is 3. The molecule has 7 nitrogen and oxygen atoms in total. The number of piperidine rings is 1. The summed E-state index contributed by atoms with van der Waals surface area (Å²) < 4.78 is 4.63. The van der Waals surface area contributed by atoms with Gasteiger partial charge in [-0.15, -0.1) is 0 Å². The summed E-state index contributed by atoms with van der Waals surface area (Å²) >= 11 is 0. The number of esters is 1. The Morgan fingerprint density at radius 3 is 2.71 bits per heavy atom. The molecular weight excluding hydrogens is 274 g/mol. The lowest BCUT2D eigenvalue weighted by molar-refractivity contribution is -0.384. The molecule has 0 saturated carbocycles. The van der Waals surface area contributed by atoms with Crippen LogP contribution in [0.2, 0.25) is 0 Å². The molecule has 0 bridgehead atoms. The van der Waals surface area contributed by atoms with Crippen LogP contribution in [-0.4, -0.2) is 36.1 Å². The summed E-state index contributed by atoms with van der Waals surface area (Å²) in [5.74, 6) is 0.650. The second-order valence-corrected chi connectivity index (χ2v) is 5.48. The lowest BCUT2D eigenvalue weighted by Gasteiger charge is -2.35. The van der Waals surface area contributed by atoms with E-state index in [-0.39, 0.29) is 17.2 Å². The van der Waals surface area contributed by atoms with E-state index in [1.807, 2.05) is 4.90 Å². The third kappa shape index (κ3) is 3.12. The van der Waals surface area contributed by atoms with Gasteiger partial charge in [0.15, 0.2) is 5.69 Å². The number of ether oxygens (including phenoxy) is 1.